The van der Waals surface area contributed by atoms with Crippen molar-refractivity contribution in [2.45, 2.75) is 45.1 Å². The zero-order valence-corrected chi connectivity index (χ0v) is 18.1. The van der Waals surface area contributed by atoms with Crippen molar-refractivity contribution in [2.24, 2.45) is 0 Å². The van der Waals surface area contributed by atoms with Gasteiger partial charge in [-0.3, -0.25) is 14.4 Å². The fourth-order valence-corrected chi connectivity index (χ4v) is 3.62. The second kappa shape index (κ2) is 10.6. The summed E-state index contributed by atoms with van der Waals surface area (Å²) in [6.07, 6.45) is 5.65. The number of anilines is 3. The third-order valence-electron chi connectivity index (χ3n) is 5.53. The number of nitrogens with one attached hydrogen (secondary N) is 3. The summed E-state index contributed by atoms with van der Waals surface area (Å²) < 4.78 is 0. The van der Waals surface area contributed by atoms with Crippen molar-refractivity contribution in [1.82, 2.24) is 5.32 Å². The Morgan fingerprint density at radius 1 is 0.968 bits per heavy atom. The molecule has 0 spiro atoms. The van der Waals surface area contributed by atoms with Gasteiger partial charge in [0.1, 0.15) is 0 Å². The third kappa shape index (κ3) is 6.57. The minimum atomic E-state index is -0.204. The van der Waals surface area contributed by atoms with Gasteiger partial charge in [0.15, 0.2) is 0 Å². The molecule has 0 bridgehead atoms. The zero-order valence-electron chi connectivity index (χ0n) is 18.1. The Labute approximate surface area is 183 Å². The van der Waals surface area contributed by atoms with Crippen LogP contribution < -0.4 is 20.9 Å². The van der Waals surface area contributed by atoms with E-state index in [0.717, 1.165) is 31.4 Å². The average molecular weight is 423 g/mol. The van der Waals surface area contributed by atoms with Gasteiger partial charge in [-0.25, -0.2) is 0 Å². The molecule has 3 amide bonds. The lowest BCUT2D eigenvalue weighted by Gasteiger charge is -2.22. The maximum Gasteiger partial charge on any atom is 0.251 e. The fourth-order valence-electron chi connectivity index (χ4n) is 3.62. The smallest absolute Gasteiger partial charge is 0.251 e. The predicted molar refractivity (Wildman–Crippen MR) is 123 cm³/mol. The summed E-state index contributed by atoms with van der Waals surface area (Å²) in [6, 6.07) is 14.5. The van der Waals surface area contributed by atoms with Crippen LogP contribution in [0.25, 0.3) is 0 Å². The van der Waals surface area contributed by atoms with E-state index >= 15 is 0 Å². The normalized spacial score (nSPS) is 13.9. The number of benzene rings is 2. The van der Waals surface area contributed by atoms with Gasteiger partial charge in [0, 0.05) is 42.6 Å². The molecule has 0 saturated heterocycles. The van der Waals surface area contributed by atoms with Crippen LogP contribution in [0, 0.1) is 0 Å². The molecule has 1 fully saturated rings. The Hall–Kier alpha value is -3.35. The lowest BCUT2D eigenvalue weighted by atomic mass is 9.95. The summed E-state index contributed by atoms with van der Waals surface area (Å²) in [6.45, 7) is 1.57. The van der Waals surface area contributed by atoms with Gasteiger partial charge >= 0.3 is 0 Å². The highest BCUT2D eigenvalue weighted by molar-refractivity contribution is 5.96. The van der Waals surface area contributed by atoms with Crippen LogP contribution >= 0.6 is 0 Å². The molecule has 2 aromatic carbocycles. The topological polar surface area (TPSA) is 90.5 Å². The monoisotopic (exact) mass is 422 g/mol. The standard InChI is InChI=1S/C24H30N4O3/c1-17(29)28(2)22-13-11-20(12-14-22)26-23(30)16-25-21-10-6-7-18(15-21)24(31)27-19-8-4-3-5-9-19/h6-7,10-15,19,25H,3-5,8-9,16H2,1-2H3,(H,26,30)(H,27,31). The van der Waals surface area contributed by atoms with E-state index in [1.54, 1.807) is 49.5 Å². The molecule has 3 N–H and O–H groups in total. The van der Waals surface area contributed by atoms with E-state index in [1.165, 1.54) is 18.2 Å². The van der Waals surface area contributed by atoms with Crippen molar-refractivity contribution >= 4 is 34.8 Å². The molecular weight excluding hydrogens is 392 g/mol. The number of hydrogen-bond acceptors (Lipinski definition) is 4. The van der Waals surface area contributed by atoms with Crippen LogP contribution in [0.15, 0.2) is 48.5 Å². The highest BCUT2D eigenvalue weighted by Crippen LogP contribution is 2.19. The van der Waals surface area contributed by atoms with E-state index in [1.807, 2.05) is 6.07 Å². The van der Waals surface area contributed by atoms with Gasteiger partial charge in [0.05, 0.1) is 6.54 Å². The van der Waals surface area contributed by atoms with Crippen LogP contribution in [0.2, 0.25) is 0 Å². The van der Waals surface area contributed by atoms with Crippen LogP contribution in [0.5, 0.6) is 0 Å². The lowest BCUT2D eigenvalue weighted by Crippen LogP contribution is -2.36. The Kier molecular flexibility index (Phi) is 7.65. The predicted octanol–water partition coefficient (Wildman–Crippen LogP) is 3.78. The summed E-state index contributed by atoms with van der Waals surface area (Å²) in [5.41, 5.74) is 2.70. The fraction of sp³-hybridized carbons (Fsp3) is 0.375. The molecule has 0 radical (unpaired) electrons. The molecule has 2 aromatic rings. The summed E-state index contributed by atoms with van der Waals surface area (Å²) >= 11 is 0. The van der Waals surface area contributed by atoms with E-state index in [4.69, 9.17) is 0 Å². The van der Waals surface area contributed by atoms with Gasteiger partial charge in [-0.15, -0.1) is 0 Å². The van der Waals surface area contributed by atoms with Gasteiger partial charge in [-0.1, -0.05) is 25.3 Å². The van der Waals surface area contributed by atoms with Crippen molar-refractivity contribution in [3.05, 3.63) is 54.1 Å². The first-order chi connectivity index (χ1) is 14.9. The zero-order chi connectivity index (χ0) is 22.2. The van der Waals surface area contributed by atoms with E-state index in [0.29, 0.717) is 16.9 Å². The summed E-state index contributed by atoms with van der Waals surface area (Å²) in [5, 5.41) is 8.99. The van der Waals surface area contributed by atoms with Gasteiger partial charge in [0.2, 0.25) is 11.8 Å². The number of carbonyl (C=O) groups is 3. The SMILES string of the molecule is CC(=O)N(C)c1ccc(NC(=O)CNc2cccc(C(=O)NC3CCCCC3)c2)cc1. The van der Waals surface area contributed by atoms with Crippen LogP contribution in [-0.2, 0) is 9.59 Å². The highest BCUT2D eigenvalue weighted by Gasteiger charge is 2.16. The summed E-state index contributed by atoms with van der Waals surface area (Å²) in [4.78, 5) is 37.7. The lowest BCUT2D eigenvalue weighted by molar-refractivity contribution is -0.116. The average Bonchev–Trinajstić information content (AvgIpc) is 2.78. The van der Waals surface area contributed by atoms with Gasteiger partial charge in [0.25, 0.3) is 5.91 Å². The maximum absolute atomic E-state index is 12.5. The number of rotatable bonds is 7. The van der Waals surface area contributed by atoms with Crippen LogP contribution in [0.3, 0.4) is 0 Å². The van der Waals surface area contributed by atoms with Crippen LogP contribution in [0.4, 0.5) is 17.1 Å². The quantitative estimate of drug-likeness (QED) is 0.633. The first-order valence-corrected chi connectivity index (χ1v) is 10.7. The highest BCUT2D eigenvalue weighted by atomic mass is 16.2. The molecule has 0 aromatic heterocycles. The molecule has 1 aliphatic rings. The molecule has 1 aliphatic carbocycles. The van der Waals surface area contributed by atoms with E-state index in [9.17, 15) is 14.4 Å². The molecule has 164 valence electrons. The molecule has 1 saturated carbocycles. The van der Waals surface area contributed by atoms with E-state index < -0.39 is 0 Å². The molecular formula is C24H30N4O3. The van der Waals surface area contributed by atoms with E-state index in [2.05, 4.69) is 16.0 Å². The minimum absolute atomic E-state index is 0.0596. The summed E-state index contributed by atoms with van der Waals surface area (Å²) in [7, 11) is 1.70. The molecule has 0 aliphatic heterocycles. The van der Waals surface area contributed by atoms with Crippen molar-refractivity contribution in [1.29, 1.82) is 0 Å². The number of amides is 3. The van der Waals surface area contributed by atoms with Gasteiger partial charge in [-0.2, -0.15) is 0 Å². The molecule has 31 heavy (non-hydrogen) atoms. The number of carbonyl (C=O) groups excluding carboxylic acids is 3. The van der Waals surface area contributed by atoms with Crippen molar-refractivity contribution in [3.8, 4) is 0 Å². The Morgan fingerprint density at radius 3 is 2.35 bits per heavy atom. The first kappa shape index (κ1) is 22.3. The first-order valence-electron chi connectivity index (χ1n) is 10.7. The van der Waals surface area contributed by atoms with Gasteiger partial charge < -0.3 is 20.9 Å². The van der Waals surface area contributed by atoms with Crippen molar-refractivity contribution in [2.75, 3.05) is 29.1 Å². The Balaban J connectivity index is 1.50. The molecule has 0 unspecified atom stereocenters. The molecule has 7 nitrogen and oxygen atoms in total. The van der Waals surface area contributed by atoms with Crippen LogP contribution in [0.1, 0.15) is 49.4 Å². The van der Waals surface area contributed by atoms with Crippen LogP contribution in [-0.4, -0.2) is 37.4 Å². The van der Waals surface area contributed by atoms with Crippen molar-refractivity contribution < 1.29 is 14.4 Å². The number of nitrogens with zero attached hydrogens (tertiary/aromatic N) is 1. The Bertz CT molecular complexity index is 921. The minimum Gasteiger partial charge on any atom is -0.376 e. The molecule has 0 atom stereocenters. The second-order valence-electron chi connectivity index (χ2n) is 7.92. The van der Waals surface area contributed by atoms with Gasteiger partial charge in [-0.05, 0) is 55.3 Å². The maximum atomic E-state index is 12.5. The molecule has 3 rings (SSSR count). The number of hydrogen-bond donors (Lipinski definition) is 3. The van der Waals surface area contributed by atoms with E-state index in [-0.39, 0.29) is 30.3 Å². The largest absolute Gasteiger partial charge is 0.376 e. The Morgan fingerprint density at radius 2 is 1.68 bits per heavy atom. The van der Waals surface area contributed by atoms with Crippen molar-refractivity contribution in [3.63, 3.8) is 0 Å². The third-order valence-corrected chi connectivity index (χ3v) is 5.53. The molecule has 0 heterocycles. The molecule has 7 heteroatoms. The summed E-state index contributed by atoms with van der Waals surface area (Å²) in [5.74, 6) is -0.337. The second-order valence-corrected chi connectivity index (χ2v) is 7.92.